The van der Waals surface area contributed by atoms with E-state index in [0.29, 0.717) is 38.3 Å². The number of hydrogen-bond acceptors (Lipinski definition) is 11. The van der Waals surface area contributed by atoms with Crippen molar-refractivity contribution in [3.63, 3.8) is 0 Å². The number of carboxylic acid groups (broad SMARTS) is 2. The van der Waals surface area contributed by atoms with Crippen molar-refractivity contribution in [1.82, 2.24) is 19.4 Å². The number of halogens is 6. The zero-order chi connectivity index (χ0) is 37.3. The summed E-state index contributed by atoms with van der Waals surface area (Å²) in [5, 5.41) is 34.1. The van der Waals surface area contributed by atoms with Crippen LogP contribution in [0.25, 0.3) is 0 Å². The number of carbonyl (C=O) groups excluding carboxylic acids is 3. The van der Waals surface area contributed by atoms with Crippen molar-refractivity contribution >= 4 is 23.8 Å². The van der Waals surface area contributed by atoms with Gasteiger partial charge in [0.2, 0.25) is 11.7 Å². The van der Waals surface area contributed by atoms with E-state index in [4.69, 9.17) is 24.8 Å². The largest absolute Gasteiger partial charge is 0.547 e. The summed E-state index contributed by atoms with van der Waals surface area (Å²) >= 11 is 0. The van der Waals surface area contributed by atoms with Crippen LogP contribution in [0.15, 0.2) is 12.1 Å². The number of aliphatic carboxylic acids is 2. The van der Waals surface area contributed by atoms with Crippen molar-refractivity contribution in [3.8, 4) is 0 Å². The molecule has 0 aliphatic carbocycles. The van der Waals surface area contributed by atoms with E-state index in [1.54, 1.807) is 0 Å². The Morgan fingerprint density at radius 2 is 1.64 bits per heavy atom. The second-order valence-electron chi connectivity index (χ2n) is 11.3. The maximum Gasteiger partial charge on any atom is 0.449 e. The summed E-state index contributed by atoms with van der Waals surface area (Å²) in [4.78, 5) is 52.0. The number of aliphatic hydroxyl groups is 2. The Kier molecular flexibility index (Phi) is 14.1. The van der Waals surface area contributed by atoms with Crippen LogP contribution in [0.2, 0.25) is 0 Å². The molecule has 1 fully saturated rings. The zero-order valence-corrected chi connectivity index (χ0v) is 26.3. The smallest absolute Gasteiger partial charge is 0.449 e. The minimum absolute atomic E-state index is 0.0176. The van der Waals surface area contributed by atoms with Crippen molar-refractivity contribution in [2.45, 2.75) is 56.8 Å². The van der Waals surface area contributed by atoms with E-state index in [9.17, 15) is 50.6 Å². The Bertz CT molecular complexity index is 1520. The summed E-state index contributed by atoms with van der Waals surface area (Å²) in [7, 11) is 0. The first kappa shape index (κ1) is 40.1. The maximum atomic E-state index is 14.0. The molecule has 0 spiro atoms. The van der Waals surface area contributed by atoms with Gasteiger partial charge < -0.3 is 49.9 Å². The van der Waals surface area contributed by atoms with Gasteiger partial charge in [0.25, 0.3) is 0 Å². The number of rotatable bonds is 12. The monoisotopic (exact) mass is 727 g/mol. The third-order valence-electron chi connectivity index (χ3n) is 7.62. The lowest BCUT2D eigenvalue weighted by molar-refractivity contribution is -0.418. The Balaban J connectivity index is 0.000000588. The molecule has 2 aliphatic rings. The molecule has 0 saturated carbocycles. The molecule has 3 heterocycles. The number of benzene rings is 1. The van der Waals surface area contributed by atoms with E-state index >= 15 is 0 Å². The number of carboxylic acids is 2. The molecule has 15 nitrogen and oxygen atoms in total. The standard InChI is InChI=1S/C25H29F6N5O4.C4H6O6/c26-17-13-19(28)18(27)11-15(17)10-16(32)12-21(37)35-3-4-36-20(14-35)22(33-24(36)25(29,30)31)23(38)40-7-1-2-34-5-8-39-9-6-34;5-1(3(7)8)2(6)4(9)10/h11,13,16H,1-10,12,14,32H2;1-2,5-6H,(H,7,8)(H,9,10)/t16-;1-,2-/m11/s1. The molecule has 1 aromatic carbocycles. The predicted octanol–water partition coefficient (Wildman–Crippen LogP) is -1.67. The highest BCUT2D eigenvalue weighted by molar-refractivity contribution is 5.89. The lowest BCUT2D eigenvalue weighted by atomic mass is 10.0. The van der Waals surface area contributed by atoms with Crippen molar-refractivity contribution in [1.29, 1.82) is 0 Å². The number of esters is 1. The van der Waals surface area contributed by atoms with Gasteiger partial charge in [0, 0.05) is 45.2 Å². The zero-order valence-electron chi connectivity index (χ0n) is 26.3. The number of imidazole rings is 1. The average Bonchev–Trinajstić information content (AvgIpc) is 3.45. The van der Waals surface area contributed by atoms with E-state index in [2.05, 4.69) is 15.6 Å². The number of hydrogen-bond donors (Lipinski definition) is 4. The van der Waals surface area contributed by atoms with Crippen LogP contribution in [0.4, 0.5) is 26.3 Å². The topological polar surface area (TPSA) is 222 Å². The molecule has 278 valence electrons. The fourth-order valence-electron chi connectivity index (χ4n) is 5.05. The lowest BCUT2D eigenvalue weighted by Crippen LogP contribution is -2.63. The minimum atomic E-state index is -4.83. The van der Waals surface area contributed by atoms with Gasteiger partial charge in [-0.15, -0.1) is 0 Å². The van der Waals surface area contributed by atoms with Crippen LogP contribution in [0.5, 0.6) is 0 Å². The molecular formula is C29H35F6N5O10. The summed E-state index contributed by atoms with van der Waals surface area (Å²) < 4.78 is 93.0. The maximum absolute atomic E-state index is 14.0. The number of fused-ring (bicyclic) bond motifs is 1. The number of alkyl halides is 3. The van der Waals surface area contributed by atoms with Gasteiger partial charge in [-0.2, -0.15) is 13.2 Å². The van der Waals surface area contributed by atoms with Gasteiger partial charge in [0.1, 0.15) is 11.9 Å². The van der Waals surface area contributed by atoms with Gasteiger partial charge in [0.05, 0.1) is 50.5 Å². The van der Waals surface area contributed by atoms with E-state index in [0.717, 1.165) is 17.7 Å². The van der Waals surface area contributed by atoms with Crippen LogP contribution < -0.4 is 10.8 Å². The van der Waals surface area contributed by atoms with Crippen LogP contribution >= 0.6 is 0 Å². The number of ether oxygens (including phenoxy) is 2. The summed E-state index contributed by atoms with van der Waals surface area (Å²) in [6.45, 7) is 2.63. The first-order valence-corrected chi connectivity index (χ1v) is 15.1. The third-order valence-corrected chi connectivity index (χ3v) is 7.62. The highest BCUT2D eigenvalue weighted by atomic mass is 19.4. The molecule has 1 amide bonds. The summed E-state index contributed by atoms with van der Waals surface area (Å²) in [6.07, 6.45) is -9.46. The predicted molar refractivity (Wildman–Crippen MR) is 151 cm³/mol. The summed E-state index contributed by atoms with van der Waals surface area (Å²) in [6, 6.07) is 0.372. The molecule has 1 saturated heterocycles. The number of carbonyl (C=O) groups is 4. The Labute approximate surface area is 279 Å². The van der Waals surface area contributed by atoms with E-state index in [1.807, 2.05) is 0 Å². The Morgan fingerprint density at radius 3 is 2.22 bits per heavy atom. The highest BCUT2D eigenvalue weighted by Gasteiger charge is 2.42. The fourth-order valence-corrected chi connectivity index (χ4v) is 5.05. The van der Waals surface area contributed by atoms with Gasteiger partial charge in [-0.1, -0.05) is 0 Å². The van der Waals surface area contributed by atoms with Gasteiger partial charge in [0.15, 0.2) is 23.4 Å². The molecule has 50 heavy (non-hydrogen) atoms. The molecule has 0 unspecified atom stereocenters. The molecule has 2 aliphatic heterocycles. The highest BCUT2D eigenvalue weighted by Crippen LogP contribution is 2.33. The first-order chi connectivity index (χ1) is 23.4. The van der Waals surface area contributed by atoms with Crippen molar-refractivity contribution < 1.29 is 81.2 Å². The third kappa shape index (κ3) is 10.8. The molecule has 3 atom stereocenters. The number of aromatic nitrogens is 2. The molecule has 4 rings (SSSR count). The molecule has 2 aromatic rings. The molecule has 6 N–H and O–H groups in total. The van der Waals surface area contributed by atoms with Gasteiger partial charge in [-0.05, 0) is 18.1 Å². The summed E-state index contributed by atoms with van der Waals surface area (Å²) in [5.74, 6) is -10.2. The van der Waals surface area contributed by atoms with Crippen molar-refractivity contribution in [2.75, 3.05) is 46.0 Å². The Morgan fingerprint density at radius 1 is 1.00 bits per heavy atom. The van der Waals surface area contributed by atoms with E-state index < -0.39 is 77.2 Å². The van der Waals surface area contributed by atoms with Gasteiger partial charge in [-0.25, -0.2) is 27.7 Å². The van der Waals surface area contributed by atoms with Crippen LogP contribution in [0.3, 0.4) is 0 Å². The average molecular weight is 728 g/mol. The normalized spacial score (nSPS) is 16.8. The van der Waals surface area contributed by atoms with E-state index in [1.165, 1.54) is 4.90 Å². The number of nitrogens with zero attached hydrogens (tertiary/aromatic N) is 4. The fraction of sp³-hybridized carbons (Fsp3) is 0.552. The second-order valence-corrected chi connectivity index (χ2v) is 11.3. The van der Waals surface area contributed by atoms with E-state index in [-0.39, 0.29) is 50.3 Å². The molecule has 21 heteroatoms. The number of amides is 1. The van der Waals surface area contributed by atoms with Crippen LogP contribution in [-0.4, -0.2) is 123 Å². The SMILES string of the molecule is O=C([O-])[C@H](O)[C@@H](O)C(=O)O.[NH3+][C@@H](CC(=O)N1CCn2c(C(F)(F)F)nc(C(=O)OCCCN3CCOCC3)c2C1)Cc1cc(F)c(F)cc1F. The Hall–Kier alpha value is -4.31. The minimum Gasteiger partial charge on any atom is -0.547 e. The lowest BCUT2D eigenvalue weighted by Gasteiger charge is -2.30. The number of quaternary nitrogens is 1. The quantitative estimate of drug-likeness (QED) is 0.0834. The summed E-state index contributed by atoms with van der Waals surface area (Å²) in [5.41, 5.74) is 3.02. The second kappa shape index (κ2) is 17.6. The molecule has 0 bridgehead atoms. The van der Waals surface area contributed by atoms with Gasteiger partial charge >= 0.3 is 18.1 Å². The molecule has 0 radical (unpaired) electrons. The van der Waals surface area contributed by atoms with Gasteiger partial charge in [-0.3, -0.25) is 9.69 Å². The van der Waals surface area contributed by atoms with Crippen molar-refractivity contribution in [3.05, 3.63) is 52.4 Å². The van der Waals surface area contributed by atoms with Crippen molar-refractivity contribution in [2.24, 2.45) is 0 Å². The number of morpholine rings is 1. The first-order valence-electron chi connectivity index (χ1n) is 15.1. The van der Waals surface area contributed by atoms with Crippen LogP contribution in [-0.2, 0) is 49.5 Å². The van der Waals surface area contributed by atoms with Crippen LogP contribution in [0, 0.1) is 17.5 Å². The number of aliphatic hydroxyl groups excluding tert-OH is 2. The van der Waals surface area contributed by atoms with Crippen LogP contribution in [0.1, 0.15) is 40.4 Å². The molecular weight excluding hydrogens is 692 g/mol. The molecule has 1 aromatic heterocycles.